The Hall–Kier alpha value is -2.33. The van der Waals surface area contributed by atoms with Crippen LogP contribution >= 0.6 is 11.6 Å². The third-order valence-corrected chi connectivity index (χ3v) is 6.25. The maximum Gasteiger partial charge on any atom is 0.338 e. The van der Waals surface area contributed by atoms with Gasteiger partial charge in [-0.05, 0) is 47.7 Å². The van der Waals surface area contributed by atoms with Crippen molar-refractivity contribution in [3.05, 3.63) is 54.1 Å². The van der Waals surface area contributed by atoms with Crippen LogP contribution in [0.1, 0.15) is 82.5 Å². The van der Waals surface area contributed by atoms with Crippen molar-refractivity contribution in [2.24, 2.45) is 5.92 Å². The summed E-state index contributed by atoms with van der Waals surface area (Å²) in [6.07, 6.45) is 8.66. The number of carbonyl (C=O) groups is 2. The van der Waals surface area contributed by atoms with Crippen molar-refractivity contribution in [2.75, 3.05) is 6.61 Å². The molecule has 0 radical (unpaired) electrons. The summed E-state index contributed by atoms with van der Waals surface area (Å²) in [5, 5.41) is -0.198. The highest BCUT2D eigenvalue weighted by molar-refractivity contribution is 6.21. The van der Waals surface area contributed by atoms with E-state index in [0.717, 1.165) is 24.0 Å². The van der Waals surface area contributed by atoms with Crippen LogP contribution in [0.2, 0.25) is 0 Å². The molecule has 33 heavy (non-hydrogen) atoms. The Morgan fingerprint density at radius 1 is 0.818 bits per heavy atom. The van der Waals surface area contributed by atoms with Gasteiger partial charge in [0.25, 0.3) is 0 Å². The van der Waals surface area contributed by atoms with E-state index in [2.05, 4.69) is 6.92 Å². The van der Waals surface area contributed by atoms with Gasteiger partial charge in [-0.3, -0.25) is 4.79 Å². The van der Waals surface area contributed by atoms with Gasteiger partial charge in [-0.25, -0.2) is 4.79 Å². The number of carbonyl (C=O) groups excluding carboxylic acids is 2. The summed E-state index contributed by atoms with van der Waals surface area (Å²) in [5.74, 6) is 0.226. The fourth-order valence-corrected chi connectivity index (χ4v) is 3.42. The minimum Gasteiger partial charge on any atom is -0.461 e. The fourth-order valence-electron chi connectivity index (χ4n) is 3.35. The quantitative estimate of drug-likeness (QED) is 0.122. The zero-order chi connectivity index (χ0) is 24.1. The molecule has 0 bridgehead atoms. The molecule has 0 fully saturated rings. The smallest absolute Gasteiger partial charge is 0.338 e. The van der Waals surface area contributed by atoms with E-state index in [4.69, 9.17) is 21.1 Å². The van der Waals surface area contributed by atoms with Gasteiger partial charge in [0.15, 0.2) is 0 Å². The molecule has 5 heteroatoms. The highest BCUT2D eigenvalue weighted by atomic mass is 35.5. The molecule has 0 aliphatic heterocycles. The predicted molar refractivity (Wildman–Crippen MR) is 135 cm³/mol. The number of hydrogen-bond donors (Lipinski definition) is 0. The zero-order valence-corrected chi connectivity index (χ0v) is 20.9. The maximum atomic E-state index is 12.2. The number of ether oxygens (including phenoxy) is 2. The lowest BCUT2D eigenvalue weighted by atomic mass is 10.0. The van der Waals surface area contributed by atoms with E-state index in [0.29, 0.717) is 17.7 Å². The van der Waals surface area contributed by atoms with Gasteiger partial charge in [-0.2, -0.15) is 0 Å². The topological polar surface area (TPSA) is 52.6 Å². The first kappa shape index (κ1) is 26.9. The summed E-state index contributed by atoms with van der Waals surface area (Å²) in [6, 6.07) is 14.6. The Labute approximate surface area is 203 Å². The average Bonchev–Trinajstić information content (AvgIpc) is 2.82. The molecular formula is C28H37ClO4. The predicted octanol–water partition coefficient (Wildman–Crippen LogP) is 7.82. The second-order valence-corrected chi connectivity index (χ2v) is 9.37. The van der Waals surface area contributed by atoms with Crippen LogP contribution in [-0.2, 0) is 9.53 Å². The van der Waals surface area contributed by atoms with Crippen LogP contribution in [0.4, 0.5) is 0 Å². The van der Waals surface area contributed by atoms with Crippen LogP contribution in [0.25, 0.3) is 11.1 Å². The van der Waals surface area contributed by atoms with E-state index in [-0.39, 0.29) is 29.8 Å². The average molecular weight is 473 g/mol. The van der Waals surface area contributed by atoms with E-state index >= 15 is 0 Å². The Bertz CT molecular complexity index is 843. The lowest BCUT2D eigenvalue weighted by molar-refractivity contribution is -0.134. The van der Waals surface area contributed by atoms with Crippen LogP contribution in [-0.4, -0.2) is 23.9 Å². The fraction of sp³-hybridized carbons (Fsp3) is 0.500. The first-order chi connectivity index (χ1) is 15.9. The Balaban J connectivity index is 1.78. The molecule has 2 aromatic rings. The molecule has 0 saturated carbocycles. The molecule has 0 N–H and O–H groups in total. The van der Waals surface area contributed by atoms with Crippen LogP contribution in [0.5, 0.6) is 5.75 Å². The number of benzene rings is 2. The molecule has 1 unspecified atom stereocenters. The molecular weight excluding hydrogens is 436 g/mol. The van der Waals surface area contributed by atoms with Crippen LogP contribution in [0, 0.1) is 5.92 Å². The molecule has 0 aromatic heterocycles. The van der Waals surface area contributed by atoms with Gasteiger partial charge in [0.1, 0.15) is 12.4 Å². The van der Waals surface area contributed by atoms with Crippen molar-refractivity contribution >= 4 is 23.5 Å². The van der Waals surface area contributed by atoms with Crippen molar-refractivity contribution in [2.45, 2.75) is 77.5 Å². The van der Waals surface area contributed by atoms with Crippen molar-refractivity contribution in [3.8, 4) is 16.9 Å². The summed E-state index contributed by atoms with van der Waals surface area (Å²) >= 11 is 6.14. The van der Waals surface area contributed by atoms with Gasteiger partial charge in [-0.15, -0.1) is 11.6 Å². The number of hydrogen-bond acceptors (Lipinski definition) is 4. The number of unbranched alkanes of at least 4 members (excludes halogenated alkanes) is 6. The van der Waals surface area contributed by atoms with E-state index in [1.165, 1.54) is 32.1 Å². The highest BCUT2D eigenvalue weighted by Gasteiger charge is 2.14. The molecule has 0 saturated heterocycles. The SMILES string of the molecule is CCCCCCCCCC(=O)Oc1ccc(-c2ccc(C(=O)OCC(Cl)C(C)C)cc2)cc1. The van der Waals surface area contributed by atoms with Crippen molar-refractivity contribution < 1.29 is 19.1 Å². The molecule has 1 atom stereocenters. The summed E-state index contributed by atoms with van der Waals surface area (Å²) in [4.78, 5) is 24.3. The second kappa shape index (κ2) is 14.7. The summed E-state index contributed by atoms with van der Waals surface area (Å²) in [5.41, 5.74) is 2.43. The summed E-state index contributed by atoms with van der Waals surface area (Å²) in [6.45, 7) is 6.38. The zero-order valence-electron chi connectivity index (χ0n) is 20.1. The highest BCUT2D eigenvalue weighted by Crippen LogP contribution is 2.24. The first-order valence-electron chi connectivity index (χ1n) is 12.1. The van der Waals surface area contributed by atoms with E-state index < -0.39 is 0 Å². The lowest BCUT2D eigenvalue weighted by Gasteiger charge is -2.13. The lowest BCUT2D eigenvalue weighted by Crippen LogP contribution is -2.18. The number of esters is 2. The minimum absolute atomic E-state index is 0.184. The minimum atomic E-state index is -0.379. The van der Waals surface area contributed by atoms with Crippen molar-refractivity contribution in [3.63, 3.8) is 0 Å². The molecule has 4 nitrogen and oxygen atoms in total. The molecule has 0 amide bonds. The molecule has 2 aromatic carbocycles. The third-order valence-electron chi connectivity index (χ3n) is 5.62. The molecule has 0 spiro atoms. The van der Waals surface area contributed by atoms with Gasteiger partial charge < -0.3 is 9.47 Å². The molecule has 0 aliphatic carbocycles. The molecule has 0 aliphatic rings. The Kier molecular flexibility index (Phi) is 12.0. The molecule has 180 valence electrons. The number of rotatable bonds is 14. The normalized spacial score (nSPS) is 11.9. The monoisotopic (exact) mass is 472 g/mol. The van der Waals surface area contributed by atoms with E-state index in [1.807, 2.05) is 38.1 Å². The maximum absolute atomic E-state index is 12.2. The summed E-state index contributed by atoms with van der Waals surface area (Å²) in [7, 11) is 0. The first-order valence-corrected chi connectivity index (χ1v) is 12.6. The number of alkyl halides is 1. The van der Waals surface area contributed by atoms with Gasteiger partial charge >= 0.3 is 11.9 Å². The van der Waals surface area contributed by atoms with Gasteiger partial charge in [0.05, 0.1) is 10.9 Å². The van der Waals surface area contributed by atoms with Crippen LogP contribution in [0.3, 0.4) is 0 Å². The molecule has 2 rings (SSSR count). The van der Waals surface area contributed by atoms with Crippen LogP contribution < -0.4 is 4.74 Å². The second-order valence-electron chi connectivity index (χ2n) is 8.81. The van der Waals surface area contributed by atoms with Crippen LogP contribution in [0.15, 0.2) is 48.5 Å². The largest absolute Gasteiger partial charge is 0.461 e. The van der Waals surface area contributed by atoms with Gasteiger partial charge in [0, 0.05) is 6.42 Å². The summed E-state index contributed by atoms with van der Waals surface area (Å²) < 4.78 is 10.7. The standard InChI is InChI=1S/C28H37ClO4/c1-4-5-6-7-8-9-10-11-27(30)33-25-18-16-23(17-19-25)22-12-14-24(15-13-22)28(31)32-20-26(29)21(2)3/h12-19,21,26H,4-11,20H2,1-3H3. The van der Waals surface area contributed by atoms with E-state index in [1.54, 1.807) is 24.3 Å². The number of halogens is 1. The van der Waals surface area contributed by atoms with Gasteiger partial charge in [0.2, 0.25) is 0 Å². The van der Waals surface area contributed by atoms with Crippen molar-refractivity contribution in [1.82, 2.24) is 0 Å². The van der Waals surface area contributed by atoms with Gasteiger partial charge in [-0.1, -0.05) is 83.6 Å². The van der Waals surface area contributed by atoms with E-state index in [9.17, 15) is 9.59 Å². The van der Waals surface area contributed by atoms with Crippen molar-refractivity contribution in [1.29, 1.82) is 0 Å². The Morgan fingerprint density at radius 3 is 1.94 bits per heavy atom. The third kappa shape index (κ3) is 10.00. The Morgan fingerprint density at radius 2 is 1.36 bits per heavy atom. The molecule has 0 heterocycles.